The van der Waals surface area contributed by atoms with Crippen LogP contribution < -0.4 is 15.9 Å². The molecular formula is C130H86N11OP. The Hall–Kier alpha value is -18.9. The van der Waals surface area contributed by atoms with Gasteiger partial charge >= 0.3 is 0 Å². The summed E-state index contributed by atoms with van der Waals surface area (Å²) in [5.41, 5.74) is 28.4. The Morgan fingerprint density at radius 3 is 0.797 bits per heavy atom. The zero-order valence-electron chi connectivity index (χ0n) is 77.4. The molecule has 13 heteroatoms. The fourth-order valence-corrected chi connectivity index (χ4v) is 22.9. The summed E-state index contributed by atoms with van der Waals surface area (Å²) in [7, 11) is -3.03. The standard InChI is InChI=1S/C45H31N2OP.C43H28N4.C42H27N5/c48-49(36-16-6-2-7-17-36,37-18-8-3-9-19-37)38-30-28-33(29-31-38)32-24-26-34(27-25-32)44-45-43(39-20-10-12-22-41(39)46-44)40-21-11-13-23-42(40)47(45)35-14-4-1-5-15-35;1-4-15-29(16-5-1)37-28-38(46-43(45-37)30-17-6-2-7-18-30)31-19-14-20-32(27-31)41-42-40(34-23-10-12-25-36(34)44-41)35-24-11-13-26-39(35)47(42)33-21-8-3-9-22-33;1-4-15-28(16-5-1)40-44-41(29-17-6-2-7-18-29)46-42(45-40)31-20-14-19-30(27-31)38-39-37(33-23-10-12-25-35(33)43-38)34-24-11-13-26-36(34)47(39)32-21-8-3-9-22-32/h1-31H;1-28H;1-27H. The van der Waals surface area contributed by atoms with Gasteiger partial charge in [-0.2, -0.15) is 0 Å². The van der Waals surface area contributed by atoms with E-state index in [1.165, 1.54) is 32.3 Å². The summed E-state index contributed by atoms with van der Waals surface area (Å²) in [4.78, 5) is 41.0. The number of para-hydroxylation sites is 9. The van der Waals surface area contributed by atoms with Crippen molar-refractivity contribution in [2.24, 2.45) is 0 Å². The van der Waals surface area contributed by atoms with Crippen LogP contribution in [0.15, 0.2) is 522 Å². The quantitative estimate of drug-likeness (QED) is 0.0867. The van der Waals surface area contributed by atoms with Gasteiger partial charge in [0, 0.05) is 132 Å². The first-order valence-electron chi connectivity index (χ1n) is 48.0. The van der Waals surface area contributed by atoms with Crippen LogP contribution >= 0.6 is 7.14 Å². The molecule has 0 unspecified atom stereocenters. The van der Waals surface area contributed by atoms with Gasteiger partial charge in [0.05, 0.1) is 78.1 Å². The molecule has 0 N–H and O–H groups in total. The molecule has 19 aromatic carbocycles. The van der Waals surface area contributed by atoms with Crippen LogP contribution in [0.25, 0.3) is 228 Å². The van der Waals surface area contributed by atoms with E-state index in [2.05, 4.69) is 366 Å². The maximum atomic E-state index is 14.9. The summed E-state index contributed by atoms with van der Waals surface area (Å²) in [5.74, 6) is 2.58. The van der Waals surface area contributed by atoms with Crippen molar-refractivity contribution in [1.82, 2.24) is 53.6 Å². The SMILES string of the molecule is O=P(c1ccccc1)(c1ccccc1)c1ccc(-c2ccc(-c3nc4ccccc4c4c5ccccc5n(-c5ccccc5)c34)cc2)cc1.c1ccc(-c2cc(-c3cccc(-c4nc5ccccc5c5c6ccccc6n(-c6ccccc6)c45)c3)nc(-c3ccccc3)n2)cc1.c1ccc(-c2nc(-c3ccccc3)nc(-c3cccc(-c4nc5ccccc5c5c6ccccc6n(-c6ccccc6)c45)c3)n2)cc1. The van der Waals surface area contributed by atoms with E-state index in [0.29, 0.717) is 23.3 Å². The number of benzene rings is 19. The van der Waals surface area contributed by atoms with Crippen LogP contribution in [-0.4, -0.2) is 53.6 Å². The van der Waals surface area contributed by atoms with Crippen LogP contribution in [0.1, 0.15) is 0 Å². The summed E-state index contributed by atoms with van der Waals surface area (Å²) >= 11 is 0. The smallest absolute Gasteiger partial charge is 0.171 e. The van der Waals surface area contributed by atoms with E-state index in [4.69, 9.17) is 39.9 Å². The Kier molecular flexibility index (Phi) is 22.3. The van der Waals surface area contributed by atoms with Gasteiger partial charge < -0.3 is 18.3 Å². The molecule has 0 atom stereocenters. The molecule has 0 saturated heterocycles. The lowest BCUT2D eigenvalue weighted by Crippen LogP contribution is -2.24. The van der Waals surface area contributed by atoms with Gasteiger partial charge in [0.15, 0.2) is 30.4 Å². The molecule has 143 heavy (non-hydrogen) atoms. The molecule has 0 spiro atoms. The Bertz CT molecular complexity index is 8990. The Morgan fingerprint density at radius 2 is 0.420 bits per heavy atom. The summed E-state index contributed by atoms with van der Waals surface area (Å²) in [6.07, 6.45) is 0. The van der Waals surface area contributed by atoms with Gasteiger partial charge in [-0.1, -0.05) is 431 Å². The summed E-state index contributed by atoms with van der Waals surface area (Å²) in [6, 6.07) is 179. The fourth-order valence-electron chi connectivity index (χ4n) is 20.3. The highest BCUT2D eigenvalue weighted by Gasteiger charge is 2.31. The third-order valence-electron chi connectivity index (χ3n) is 26.9. The fraction of sp³-hybridized carbons (Fsp3) is 0. The second kappa shape index (κ2) is 37.2. The van der Waals surface area contributed by atoms with Crippen LogP contribution in [0.4, 0.5) is 0 Å². The average molecular weight is 1850 g/mol. The number of rotatable bonds is 16. The average Bonchev–Trinajstić information content (AvgIpc) is 1.57. The third kappa shape index (κ3) is 15.9. The highest BCUT2D eigenvalue weighted by molar-refractivity contribution is 7.85. The number of nitrogens with zero attached hydrogens (tertiary/aromatic N) is 11. The van der Waals surface area contributed by atoms with E-state index < -0.39 is 7.14 Å². The minimum atomic E-state index is -3.03. The number of hydrogen-bond donors (Lipinski definition) is 0. The van der Waals surface area contributed by atoms with Crippen LogP contribution in [-0.2, 0) is 4.57 Å². The first kappa shape index (κ1) is 85.8. The highest BCUT2D eigenvalue weighted by Crippen LogP contribution is 2.48. The van der Waals surface area contributed by atoms with Crippen LogP contribution in [0.3, 0.4) is 0 Å². The van der Waals surface area contributed by atoms with E-state index in [1.807, 2.05) is 170 Å². The maximum Gasteiger partial charge on any atom is 0.171 e. The number of fused-ring (bicyclic) bond motifs is 15. The van der Waals surface area contributed by atoms with Crippen molar-refractivity contribution in [3.05, 3.63) is 522 Å². The lowest BCUT2D eigenvalue weighted by atomic mass is 10.00. The first-order chi connectivity index (χ1) is 70.8. The minimum Gasteiger partial charge on any atom is -0.309 e. The van der Waals surface area contributed by atoms with Crippen molar-refractivity contribution in [1.29, 1.82) is 0 Å². The Morgan fingerprint density at radius 1 is 0.168 bits per heavy atom. The molecule has 0 fully saturated rings. The van der Waals surface area contributed by atoms with Gasteiger partial charge in [0.25, 0.3) is 0 Å². The molecule has 27 aromatic rings. The number of hydrogen-bond acceptors (Lipinski definition) is 9. The molecule has 0 aliphatic heterocycles. The molecule has 0 aliphatic carbocycles. The molecule has 8 aromatic heterocycles. The number of aromatic nitrogens is 11. The van der Waals surface area contributed by atoms with Crippen molar-refractivity contribution < 1.29 is 4.57 Å². The van der Waals surface area contributed by atoms with Crippen molar-refractivity contribution >= 4 is 121 Å². The molecule has 672 valence electrons. The van der Waals surface area contributed by atoms with Crippen LogP contribution in [0, 0.1) is 0 Å². The molecule has 0 bridgehead atoms. The largest absolute Gasteiger partial charge is 0.309 e. The maximum absolute atomic E-state index is 14.9. The van der Waals surface area contributed by atoms with Gasteiger partial charge in [0.1, 0.15) is 0 Å². The van der Waals surface area contributed by atoms with Gasteiger partial charge in [-0.3, -0.25) is 0 Å². The van der Waals surface area contributed by atoms with Crippen LogP contribution in [0.5, 0.6) is 0 Å². The van der Waals surface area contributed by atoms with Crippen molar-refractivity contribution in [2.45, 2.75) is 0 Å². The topological polar surface area (TPSA) is 135 Å². The predicted molar refractivity (Wildman–Crippen MR) is 591 cm³/mol. The second-order valence-electron chi connectivity index (χ2n) is 35.5. The monoisotopic (exact) mass is 1850 g/mol. The molecule has 0 amide bonds. The molecular weight excluding hydrogens is 1760 g/mol. The minimum absolute atomic E-state index is 0.611. The zero-order valence-corrected chi connectivity index (χ0v) is 78.3. The first-order valence-corrected chi connectivity index (χ1v) is 49.7. The predicted octanol–water partition coefficient (Wildman–Crippen LogP) is 31.3. The van der Waals surface area contributed by atoms with E-state index in [0.717, 1.165) is 188 Å². The van der Waals surface area contributed by atoms with E-state index in [9.17, 15) is 4.57 Å². The molecule has 27 rings (SSSR count). The van der Waals surface area contributed by atoms with Crippen molar-refractivity contribution in [3.63, 3.8) is 0 Å². The second-order valence-corrected chi connectivity index (χ2v) is 38.2. The van der Waals surface area contributed by atoms with E-state index >= 15 is 0 Å². The number of pyridine rings is 3. The van der Waals surface area contributed by atoms with Crippen LogP contribution in [0.2, 0.25) is 0 Å². The highest BCUT2D eigenvalue weighted by atomic mass is 31.2. The lowest BCUT2D eigenvalue weighted by molar-refractivity contribution is 0.592. The Labute approximate surface area is 825 Å². The molecule has 0 aliphatic rings. The Balaban J connectivity index is 0.000000113. The molecule has 0 saturated carbocycles. The van der Waals surface area contributed by atoms with Gasteiger partial charge in [-0.05, 0) is 102 Å². The zero-order chi connectivity index (χ0) is 95.1. The molecule has 12 nitrogen and oxygen atoms in total. The molecule has 0 radical (unpaired) electrons. The van der Waals surface area contributed by atoms with Crippen molar-refractivity contribution in [3.8, 4) is 130 Å². The van der Waals surface area contributed by atoms with Gasteiger partial charge in [-0.25, -0.2) is 39.9 Å². The molecule has 8 heterocycles. The van der Waals surface area contributed by atoms with Gasteiger partial charge in [0.2, 0.25) is 0 Å². The summed E-state index contributed by atoms with van der Waals surface area (Å²) in [6.45, 7) is 0. The van der Waals surface area contributed by atoms with Crippen molar-refractivity contribution in [2.75, 3.05) is 0 Å². The normalized spacial score (nSPS) is 11.5. The lowest BCUT2D eigenvalue weighted by Gasteiger charge is -2.20. The van der Waals surface area contributed by atoms with Gasteiger partial charge in [-0.15, -0.1) is 0 Å². The summed E-state index contributed by atoms with van der Waals surface area (Å²) < 4.78 is 21.9. The van der Waals surface area contributed by atoms with E-state index in [1.54, 1.807) is 0 Å². The van der Waals surface area contributed by atoms with E-state index in [-0.39, 0.29) is 0 Å². The third-order valence-corrected chi connectivity index (χ3v) is 29.9. The summed E-state index contributed by atoms with van der Waals surface area (Å²) in [5, 5.41) is 13.1.